The molecule has 2 unspecified atom stereocenters. The number of benzene rings is 3. The highest BCUT2D eigenvalue weighted by Crippen LogP contribution is 2.42. The molecule has 4 rings (SSSR count). The van der Waals surface area contributed by atoms with Crippen molar-refractivity contribution in [1.29, 1.82) is 0 Å². The second-order valence-corrected chi connectivity index (χ2v) is 9.95. The lowest BCUT2D eigenvalue weighted by atomic mass is 9.67. The van der Waals surface area contributed by atoms with Crippen LogP contribution in [0.4, 0.5) is 4.39 Å². The topological polar surface area (TPSA) is 76.1 Å². The fourth-order valence-corrected chi connectivity index (χ4v) is 5.55. The number of hydrogen-bond donors (Lipinski definition) is 1. The van der Waals surface area contributed by atoms with Crippen molar-refractivity contribution in [1.82, 2.24) is 4.90 Å². The molecular formula is C31H34FNO5. The monoisotopic (exact) mass is 519 g/mol. The maximum atomic E-state index is 14.8. The molecule has 1 fully saturated rings. The van der Waals surface area contributed by atoms with Gasteiger partial charge in [0.2, 0.25) is 0 Å². The van der Waals surface area contributed by atoms with Crippen LogP contribution in [-0.4, -0.2) is 61.5 Å². The van der Waals surface area contributed by atoms with Crippen LogP contribution < -0.4 is 9.47 Å². The Labute approximate surface area is 223 Å². The Morgan fingerprint density at radius 2 is 1.42 bits per heavy atom. The molecule has 0 saturated carbocycles. The summed E-state index contributed by atoms with van der Waals surface area (Å²) in [4.78, 5) is 30.2. The van der Waals surface area contributed by atoms with Crippen LogP contribution in [0.3, 0.4) is 0 Å². The van der Waals surface area contributed by atoms with Crippen LogP contribution in [0.5, 0.6) is 11.5 Å². The predicted octanol–water partition coefficient (Wildman–Crippen LogP) is 4.93. The van der Waals surface area contributed by atoms with Crippen molar-refractivity contribution < 1.29 is 28.6 Å². The van der Waals surface area contributed by atoms with Crippen LogP contribution in [0, 0.1) is 24.6 Å². The number of aliphatic hydroxyl groups excluding tert-OH is 1. The molecule has 0 aromatic heterocycles. The minimum atomic E-state index is -0.658. The molecule has 3 aromatic carbocycles. The summed E-state index contributed by atoms with van der Waals surface area (Å²) in [5, 5.41) is 10.2. The van der Waals surface area contributed by atoms with Gasteiger partial charge in [0.15, 0.2) is 11.6 Å². The highest BCUT2D eigenvalue weighted by molar-refractivity contribution is 6.02. The van der Waals surface area contributed by atoms with Gasteiger partial charge in [-0.2, -0.15) is 0 Å². The third kappa shape index (κ3) is 5.79. The Balaban J connectivity index is 1.87. The molecule has 3 atom stereocenters. The number of likely N-dealkylation sites (tertiary alicyclic amines) is 1. The average molecular weight is 520 g/mol. The number of ketones is 2. The van der Waals surface area contributed by atoms with E-state index in [0.29, 0.717) is 53.4 Å². The summed E-state index contributed by atoms with van der Waals surface area (Å²) in [7, 11) is 3.08. The SMILES string of the molecule is COc1cccc(C(=O)C2CN(C[C@@H](C)O)CC(C(=O)c3cccc(OC)c3)C2c2cccc(F)c2C)c1. The van der Waals surface area contributed by atoms with Gasteiger partial charge >= 0.3 is 0 Å². The van der Waals surface area contributed by atoms with Crippen molar-refractivity contribution in [2.45, 2.75) is 25.9 Å². The van der Waals surface area contributed by atoms with Gasteiger partial charge in [-0.25, -0.2) is 4.39 Å². The summed E-state index contributed by atoms with van der Waals surface area (Å²) in [6.45, 7) is 4.32. The molecule has 38 heavy (non-hydrogen) atoms. The summed E-state index contributed by atoms with van der Waals surface area (Å²) in [6, 6.07) is 18.7. The van der Waals surface area contributed by atoms with E-state index < -0.39 is 23.9 Å². The van der Waals surface area contributed by atoms with E-state index in [2.05, 4.69) is 0 Å². The van der Waals surface area contributed by atoms with E-state index in [9.17, 15) is 19.1 Å². The Morgan fingerprint density at radius 3 is 1.89 bits per heavy atom. The minimum absolute atomic E-state index is 0.156. The molecule has 0 radical (unpaired) electrons. The first-order chi connectivity index (χ1) is 18.2. The summed E-state index contributed by atoms with van der Waals surface area (Å²) in [5.41, 5.74) is 1.98. The average Bonchev–Trinajstić information content (AvgIpc) is 2.93. The van der Waals surface area contributed by atoms with Gasteiger partial charge in [-0.05, 0) is 55.3 Å². The van der Waals surface area contributed by atoms with E-state index in [0.717, 1.165) is 0 Å². The van der Waals surface area contributed by atoms with Gasteiger partial charge in [0.1, 0.15) is 17.3 Å². The maximum Gasteiger partial charge on any atom is 0.167 e. The van der Waals surface area contributed by atoms with Gasteiger partial charge in [0.25, 0.3) is 0 Å². The quantitative estimate of drug-likeness (QED) is 0.404. The number of aliphatic hydroxyl groups is 1. The molecule has 1 aliphatic heterocycles. The molecule has 6 nitrogen and oxygen atoms in total. The van der Waals surface area contributed by atoms with Crippen LogP contribution >= 0.6 is 0 Å². The second-order valence-electron chi connectivity index (χ2n) is 9.95. The van der Waals surface area contributed by atoms with Crippen molar-refractivity contribution in [3.05, 3.63) is 94.8 Å². The normalized spacial score (nSPS) is 20.5. The van der Waals surface area contributed by atoms with E-state index >= 15 is 0 Å². The van der Waals surface area contributed by atoms with E-state index in [-0.39, 0.29) is 17.4 Å². The zero-order chi connectivity index (χ0) is 27.4. The molecule has 0 bridgehead atoms. The van der Waals surface area contributed by atoms with E-state index in [1.807, 2.05) is 11.0 Å². The number of ether oxygens (including phenoxy) is 2. The van der Waals surface area contributed by atoms with Gasteiger partial charge in [-0.15, -0.1) is 0 Å². The Bertz CT molecular complexity index is 1240. The van der Waals surface area contributed by atoms with Crippen LogP contribution in [0.15, 0.2) is 66.7 Å². The first-order valence-corrected chi connectivity index (χ1v) is 12.8. The van der Waals surface area contributed by atoms with Crippen molar-refractivity contribution in [2.24, 2.45) is 11.8 Å². The first kappa shape index (κ1) is 27.5. The lowest BCUT2D eigenvalue weighted by molar-refractivity contribution is 0.0432. The zero-order valence-corrected chi connectivity index (χ0v) is 22.2. The molecule has 3 aromatic rings. The molecule has 7 heteroatoms. The molecular weight excluding hydrogens is 485 g/mol. The smallest absolute Gasteiger partial charge is 0.167 e. The number of Topliss-reactive ketones (excluding diaryl/α,β-unsaturated/α-hetero) is 2. The zero-order valence-electron chi connectivity index (χ0n) is 22.2. The minimum Gasteiger partial charge on any atom is -0.497 e. The van der Waals surface area contributed by atoms with Gasteiger partial charge in [0.05, 0.1) is 20.3 Å². The molecule has 0 amide bonds. The van der Waals surface area contributed by atoms with Gasteiger partial charge < -0.3 is 14.6 Å². The van der Waals surface area contributed by atoms with Crippen molar-refractivity contribution >= 4 is 11.6 Å². The highest BCUT2D eigenvalue weighted by atomic mass is 19.1. The van der Waals surface area contributed by atoms with Crippen molar-refractivity contribution in [3.8, 4) is 11.5 Å². The number of piperidine rings is 1. The molecule has 0 aliphatic carbocycles. The van der Waals surface area contributed by atoms with E-state index in [1.54, 1.807) is 68.4 Å². The second kappa shape index (κ2) is 11.9. The first-order valence-electron chi connectivity index (χ1n) is 12.8. The predicted molar refractivity (Wildman–Crippen MR) is 144 cm³/mol. The molecule has 0 spiro atoms. The van der Waals surface area contributed by atoms with E-state index in [1.165, 1.54) is 20.3 Å². The van der Waals surface area contributed by atoms with Crippen LogP contribution in [0.25, 0.3) is 0 Å². The van der Waals surface area contributed by atoms with Gasteiger partial charge in [0, 0.05) is 48.5 Å². The summed E-state index contributed by atoms with van der Waals surface area (Å²) in [5.74, 6) is -1.48. The molecule has 1 saturated heterocycles. The van der Waals surface area contributed by atoms with Gasteiger partial charge in [-0.1, -0.05) is 36.4 Å². The van der Waals surface area contributed by atoms with Gasteiger partial charge in [-0.3, -0.25) is 14.5 Å². The molecule has 1 N–H and O–H groups in total. The largest absolute Gasteiger partial charge is 0.497 e. The summed E-state index contributed by atoms with van der Waals surface area (Å²) in [6.07, 6.45) is -0.650. The third-order valence-corrected chi connectivity index (χ3v) is 7.35. The fourth-order valence-electron chi connectivity index (χ4n) is 5.55. The fraction of sp³-hybridized carbons (Fsp3) is 0.355. The number of methoxy groups -OCH3 is 2. The van der Waals surface area contributed by atoms with Crippen LogP contribution in [0.2, 0.25) is 0 Å². The molecule has 200 valence electrons. The van der Waals surface area contributed by atoms with Crippen LogP contribution in [-0.2, 0) is 0 Å². The number of hydrogen-bond acceptors (Lipinski definition) is 6. The standard InChI is InChI=1S/C31H34FNO5/c1-19(34)16-33-17-26(30(35)21-8-5-10-23(14-21)37-3)29(25-12-7-13-28(32)20(25)2)27(18-33)31(36)22-9-6-11-24(15-22)38-4/h5-15,19,26-27,29,34H,16-18H2,1-4H3/t19-,26?,27?,29?/m1/s1. The number of rotatable bonds is 9. The number of nitrogens with zero attached hydrogens (tertiary/aromatic N) is 1. The number of β-amino-alcohol motifs (C(OH)–C–C–N with tert-alkyl or cyclic N) is 1. The number of halogens is 1. The molecule has 1 heterocycles. The van der Waals surface area contributed by atoms with E-state index in [4.69, 9.17) is 9.47 Å². The van der Waals surface area contributed by atoms with Crippen molar-refractivity contribution in [3.63, 3.8) is 0 Å². The lowest BCUT2D eigenvalue weighted by Gasteiger charge is -2.44. The van der Waals surface area contributed by atoms with Crippen molar-refractivity contribution in [2.75, 3.05) is 33.9 Å². The Kier molecular flexibility index (Phi) is 8.59. The Morgan fingerprint density at radius 1 is 0.921 bits per heavy atom. The molecule has 1 aliphatic rings. The number of carbonyl (C=O) groups is 2. The Hall–Kier alpha value is -3.55. The van der Waals surface area contributed by atoms with Crippen LogP contribution in [0.1, 0.15) is 44.7 Å². The number of carbonyl (C=O) groups excluding carboxylic acids is 2. The lowest BCUT2D eigenvalue weighted by Crippen LogP contribution is -2.52. The third-order valence-electron chi connectivity index (χ3n) is 7.35. The highest BCUT2D eigenvalue weighted by Gasteiger charge is 2.45. The summed E-state index contributed by atoms with van der Waals surface area (Å²) < 4.78 is 25.5. The summed E-state index contributed by atoms with van der Waals surface area (Å²) >= 11 is 0. The maximum absolute atomic E-state index is 14.8.